The molecule has 1 heterocycles. The summed E-state index contributed by atoms with van der Waals surface area (Å²) in [4.78, 5) is 23.6. The lowest BCUT2D eigenvalue weighted by Gasteiger charge is -2.33. The number of alkyl halides is 3. The van der Waals surface area contributed by atoms with Crippen LogP contribution in [0.1, 0.15) is 44.7 Å². The number of hydrogen-bond acceptors (Lipinski definition) is 2. The molecule has 1 aliphatic heterocycles. The van der Waals surface area contributed by atoms with Crippen LogP contribution in [0, 0.1) is 5.41 Å². The van der Waals surface area contributed by atoms with Gasteiger partial charge in [-0.2, -0.15) is 13.2 Å². The zero-order valence-electron chi connectivity index (χ0n) is 14.5. The third-order valence-corrected chi connectivity index (χ3v) is 4.42. The van der Waals surface area contributed by atoms with Gasteiger partial charge in [-0.25, -0.2) is 0 Å². The highest BCUT2D eigenvalue weighted by atomic mass is 19.4. The molecular formula is C18H23F3N2O2. The average Bonchev–Trinajstić information content (AvgIpc) is 2.91. The van der Waals surface area contributed by atoms with E-state index in [0.717, 1.165) is 6.07 Å². The number of hydrogen-bond donors (Lipinski definition) is 2. The maximum atomic E-state index is 13.2. The van der Waals surface area contributed by atoms with Crippen molar-refractivity contribution in [2.24, 2.45) is 5.41 Å². The molecule has 0 radical (unpaired) electrons. The quantitative estimate of drug-likeness (QED) is 0.871. The van der Waals surface area contributed by atoms with Gasteiger partial charge in [-0.15, -0.1) is 0 Å². The summed E-state index contributed by atoms with van der Waals surface area (Å²) in [7, 11) is 0. The Morgan fingerprint density at radius 1 is 1.28 bits per heavy atom. The van der Waals surface area contributed by atoms with Crippen LogP contribution in [0.15, 0.2) is 24.3 Å². The third-order valence-electron chi connectivity index (χ3n) is 4.42. The molecule has 138 valence electrons. The largest absolute Gasteiger partial charge is 0.416 e. The summed E-state index contributed by atoms with van der Waals surface area (Å²) in [6.07, 6.45) is -3.69. The fourth-order valence-corrected chi connectivity index (χ4v) is 2.85. The van der Waals surface area contributed by atoms with Crippen LogP contribution in [-0.4, -0.2) is 23.9 Å². The van der Waals surface area contributed by atoms with Gasteiger partial charge in [-0.3, -0.25) is 9.59 Å². The van der Waals surface area contributed by atoms with Gasteiger partial charge in [0, 0.05) is 12.5 Å². The Morgan fingerprint density at radius 2 is 1.92 bits per heavy atom. The van der Waals surface area contributed by atoms with Gasteiger partial charge < -0.3 is 10.6 Å². The van der Waals surface area contributed by atoms with Crippen LogP contribution in [-0.2, 0) is 22.2 Å². The molecule has 1 fully saturated rings. The highest BCUT2D eigenvalue weighted by molar-refractivity contribution is 5.90. The first-order valence-corrected chi connectivity index (χ1v) is 8.23. The summed E-state index contributed by atoms with van der Waals surface area (Å²) in [5.41, 5.74) is -0.991. The molecule has 1 saturated heterocycles. The minimum Gasteiger partial charge on any atom is -0.351 e. The molecule has 0 unspecified atom stereocenters. The van der Waals surface area contributed by atoms with Crippen molar-refractivity contribution < 1.29 is 22.8 Å². The summed E-state index contributed by atoms with van der Waals surface area (Å²) < 4.78 is 39.6. The van der Waals surface area contributed by atoms with Gasteiger partial charge in [0.15, 0.2) is 0 Å². The van der Waals surface area contributed by atoms with Gasteiger partial charge in [0.1, 0.15) is 6.04 Å². The maximum absolute atomic E-state index is 13.2. The average molecular weight is 356 g/mol. The monoisotopic (exact) mass is 356 g/mol. The molecular weight excluding hydrogens is 333 g/mol. The molecule has 7 heteroatoms. The van der Waals surface area contributed by atoms with E-state index in [-0.39, 0.29) is 30.2 Å². The highest BCUT2D eigenvalue weighted by Gasteiger charge is 2.36. The maximum Gasteiger partial charge on any atom is 0.416 e. The summed E-state index contributed by atoms with van der Waals surface area (Å²) >= 11 is 0. The van der Waals surface area contributed by atoms with Crippen LogP contribution >= 0.6 is 0 Å². The Balaban J connectivity index is 2.20. The lowest BCUT2D eigenvalue weighted by molar-refractivity contribution is -0.138. The van der Waals surface area contributed by atoms with E-state index < -0.39 is 29.2 Å². The number of benzene rings is 1. The fourth-order valence-electron chi connectivity index (χ4n) is 2.85. The summed E-state index contributed by atoms with van der Waals surface area (Å²) in [6, 6.07) is 4.28. The van der Waals surface area contributed by atoms with E-state index in [2.05, 4.69) is 10.6 Å². The predicted molar refractivity (Wildman–Crippen MR) is 87.7 cm³/mol. The molecule has 0 aromatic heterocycles. The minimum absolute atomic E-state index is 0.0611. The topological polar surface area (TPSA) is 58.2 Å². The smallest absolute Gasteiger partial charge is 0.351 e. The standard InChI is InChI=1S/C18H23F3N2O2/c1-17(2,3)14(23-16(25)13-8-9-15(24)22-13)10-11-6-4-5-7-12(11)18(19,20)21/h4-7,13-14H,8-10H2,1-3H3,(H,22,24)(H,23,25)/t13-,14+/m0/s1. The van der Waals surface area contributed by atoms with Crippen LogP contribution in [0.25, 0.3) is 0 Å². The van der Waals surface area contributed by atoms with E-state index in [1.54, 1.807) is 6.07 Å². The van der Waals surface area contributed by atoms with E-state index in [0.29, 0.717) is 6.42 Å². The SMILES string of the molecule is CC(C)(C)[C@@H](Cc1ccccc1C(F)(F)F)NC(=O)[C@@H]1CCC(=O)N1. The number of halogens is 3. The molecule has 1 aromatic rings. The summed E-state index contributed by atoms with van der Waals surface area (Å²) in [5.74, 6) is -0.537. The fraction of sp³-hybridized carbons (Fsp3) is 0.556. The van der Waals surface area contributed by atoms with Gasteiger partial charge >= 0.3 is 6.18 Å². The van der Waals surface area contributed by atoms with Crippen molar-refractivity contribution in [3.05, 3.63) is 35.4 Å². The van der Waals surface area contributed by atoms with Gasteiger partial charge in [0.25, 0.3) is 0 Å². The van der Waals surface area contributed by atoms with Crippen molar-refractivity contribution in [2.45, 2.75) is 58.3 Å². The Bertz CT molecular complexity index is 650. The second-order valence-electron chi connectivity index (χ2n) is 7.45. The van der Waals surface area contributed by atoms with Gasteiger partial charge in [-0.05, 0) is 29.9 Å². The van der Waals surface area contributed by atoms with E-state index in [9.17, 15) is 22.8 Å². The number of carbonyl (C=O) groups is 2. The van der Waals surface area contributed by atoms with Gasteiger partial charge in [0.05, 0.1) is 5.56 Å². The highest BCUT2D eigenvalue weighted by Crippen LogP contribution is 2.34. The van der Waals surface area contributed by atoms with Crippen molar-refractivity contribution in [1.29, 1.82) is 0 Å². The first-order chi connectivity index (χ1) is 11.5. The molecule has 0 aliphatic carbocycles. The molecule has 1 aliphatic rings. The Kier molecular flexibility index (Phi) is 5.44. The lowest BCUT2D eigenvalue weighted by atomic mass is 9.82. The first kappa shape index (κ1) is 19.3. The normalized spacial score (nSPS) is 19.4. The molecule has 2 amide bonds. The molecule has 2 rings (SSSR count). The zero-order valence-corrected chi connectivity index (χ0v) is 14.5. The van der Waals surface area contributed by atoms with Crippen LogP contribution < -0.4 is 10.6 Å². The number of carbonyl (C=O) groups excluding carboxylic acids is 2. The van der Waals surface area contributed by atoms with Crippen LogP contribution in [0.5, 0.6) is 0 Å². The van der Waals surface area contributed by atoms with Crippen molar-refractivity contribution in [3.63, 3.8) is 0 Å². The van der Waals surface area contributed by atoms with Gasteiger partial charge in [-0.1, -0.05) is 39.0 Å². The van der Waals surface area contributed by atoms with Crippen molar-refractivity contribution in [1.82, 2.24) is 10.6 Å². The van der Waals surface area contributed by atoms with E-state index in [4.69, 9.17) is 0 Å². The first-order valence-electron chi connectivity index (χ1n) is 8.23. The molecule has 2 N–H and O–H groups in total. The van der Waals surface area contributed by atoms with E-state index >= 15 is 0 Å². The zero-order chi connectivity index (χ0) is 18.8. The summed E-state index contributed by atoms with van der Waals surface area (Å²) in [5, 5.41) is 5.40. The molecule has 0 bridgehead atoms. The Morgan fingerprint density at radius 3 is 2.44 bits per heavy atom. The van der Waals surface area contributed by atoms with Crippen molar-refractivity contribution >= 4 is 11.8 Å². The molecule has 2 atom stereocenters. The second kappa shape index (κ2) is 7.06. The molecule has 25 heavy (non-hydrogen) atoms. The third kappa shape index (κ3) is 4.96. The Labute approximate surface area is 145 Å². The lowest BCUT2D eigenvalue weighted by Crippen LogP contribution is -2.51. The van der Waals surface area contributed by atoms with Crippen molar-refractivity contribution in [2.75, 3.05) is 0 Å². The second-order valence-corrected chi connectivity index (χ2v) is 7.45. The van der Waals surface area contributed by atoms with Gasteiger partial charge in [0.2, 0.25) is 11.8 Å². The molecule has 1 aromatic carbocycles. The Hall–Kier alpha value is -2.05. The van der Waals surface area contributed by atoms with Crippen molar-refractivity contribution in [3.8, 4) is 0 Å². The molecule has 0 spiro atoms. The number of nitrogens with one attached hydrogen (secondary N) is 2. The van der Waals surface area contributed by atoms with E-state index in [1.807, 2.05) is 20.8 Å². The number of amides is 2. The van der Waals surface area contributed by atoms with Crippen LogP contribution in [0.2, 0.25) is 0 Å². The molecule has 0 saturated carbocycles. The molecule has 4 nitrogen and oxygen atoms in total. The van der Waals surface area contributed by atoms with Crippen LogP contribution in [0.3, 0.4) is 0 Å². The van der Waals surface area contributed by atoms with Crippen LogP contribution in [0.4, 0.5) is 13.2 Å². The summed E-state index contributed by atoms with van der Waals surface area (Å²) in [6.45, 7) is 5.59. The predicted octanol–water partition coefficient (Wildman–Crippen LogP) is 3.06. The number of rotatable bonds is 4. The van der Waals surface area contributed by atoms with E-state index in [1.165, 1.54) is 12.1 Å². The minimum atomic E-state index is -4.44.